The topological polar surface area (TPSA) is 29.1 Å². The van der Waals surface area contributed by atoms with Crippen molar-refractivity contribution >= 4 is 21.8 Å². The number of carbonyl (C=O) groups is 1. The van der Waals surface area contributed by atoms with Crippen molar-refractivity contribution in [3.05, 3.63) is 70.2 Å². The maximum atomic E-state index is 11.7. The van der Waals surface area contributed by atoms with Crippen molar-refractivity contribution in [2.24, 2.45) is 0 Å². The first-order chi connectivity index (χ1) is 8.74. The first-order valence-electron chi connectivity index (χ1n) is 5.79. The van der Waals surface area contributed by atoms with E-state index in [9.17, 15) is 4.79 Å². The van der Waals surface area contributed by atoms with Crippen LogP contribution in [0.2, 0.25) is 0 Å². The van der Waals surface area contributed by atoms with E-state index in [2.05, 4.69) is 21.2 Å². The summed E-state index contributed by atoms with van der Waals surface area (Å²) in [6.45, 7) is 0.561. The molecule has 0 fully saturated rings. The second kappa shape index (κ2) is 6.36. The fourth-order valence-electron chi connectivity index (χ4n) is 1.69. The second-order valence-electron chi connectivity index (χ2n) is 4.07. The SMILES string of the molecule is O=C(Cc1ccccc1)NCc1cccc(Br)c1. The molecule has 2 nitrogen and oxygen atoms in total. The van der Waals surface area contributed by atoms with Gasteiger partial charge in [0, 0.05) is 11.0 Å². The van der Waals surface area contributed by atoms with Gasteiger partial charge in [0.1, 0.15) is 0 Å². The Hall–Kier alpha value is -1.61. The molecular weight excluding hydrogens is 290 g/mol. The van der Waals surface area contributed by atoms with E-state index < -0.39 is 0 Å². The van der Waals surface area contributed by atoms with Gasteiger partial charge in [-0.25, -0.2) is 0 Å². The highest BCUT2D eigenvalue weighted by Crippen LogP contribution is 2.11. The maximum absolute atomic E-state index is 11.7. The molecule has 0 aliphatic carbocycles. The first kappa shape index (κ1) is 12.8. The molecule has 0 bridgehead atoms. The number of benzene rings is 2. The smallest absolute Gasteiger partial charge is 0.224 e. The highest BCUT2D eigenvalue weighted by Gasteiger charge is 2.02. The molecule has 0 aliphatic rings. The Morgan fingerprint density at radius 2 is 1.72 bits per heavy atom. The Morgan fingerprint density at radius 3 is 2.44 bits per heavy atom. The fraction of sp³-hybridized carbons (Fsp3) is 0.133. The third-order valence-corrected chi connectivity index (χ3v) is 3.08. The Morgan fingerprint density at radius 1 is 1.00 bits per heavy atom. The molecule has 0 heterocycles. The van der Waals surface area contributed by atoms with Crippen LogP contribution in [0.25, 0.3) is 0 Å². The zero-order chi connectivity index (χ0) is 12.8. The minimum absolute atomic E-state index is 0.0428. The van der Waals surface area contributed by atoms with E-state index in [-0.39, 0.29) is 5.91 Å². The molecule has 0 unspecified atom stereocenters. The van der Waals surface area contributed by atoms with E-state index >= 15 is 0 Å². The van der Waals surface area contributed by atoms with Crippen LogP contribution in [0.3, 0.4) is 0 Å². The van der Waals surface area contributed by atoms with Crippen molar-refractivity contribution in [3.63, 3.8) is 0 Å². The molecule has 1 N–H and O–H groups in total. The third kappa shape index (κ3) is 4.00. The minimum atomic E-state index is 0.0428. The van der Waals surface area contributed by atoms with Gasteiger partial charge >= 0.3 is 0 Å². The lowest BCUT2D eigenvalue weighted by atomic mass is 10.1. The van der Waals surface area contributed by atoms with Gasteiger partial charge in [0.15, 0.2) is 0 Å². The summed E-state index contributed by atoms with van der Waals surface area (Å²) in [6, 6.07) is 17.7. The van der Waals surface area contributed by atoms with Gasteiger partial charge in [-0.05, 0) is 23.3 Å². The zero-order valence-corrected chi connectivity index (χ0v) is 11.5. The number of hydrogen-bond acceptors (Lipinski definition) is 1. The number of carbonyl (C=O) groups excluding carboxylic acids is 1. The van der Waals surface area contributed by atoms with Gasteiger partial charge in [-0.3, -0.25) is 4.79 Å². The van der Waals surface area contributed by atoms with Crippen LogP contribution in [0.15, 0.2) is 59.1 Å². The van der Waals surface area contributed by atoms with Crippen LogP contribution in [0.5, 0.6) is 0 Å². The predicted octanol–water partition coefficient (Wildman–Crippen LogP) is 3.31. The van der Waals surface area contributed by atoms with Gasteiger partial charge in [-0.1, -0.05) is 58.4 Å². The Labute approximate surface area is 115 Å². The van der Waals surface area contributed by atoms with Crippen LogP contribution in [0.1, 0.15) is 11.1 Å². The number of halogens is 1. The molecule has 0 spiro atoms. The summed E-state index contributed by atoms with van der Waals surface area (Å²) >= 11 is 3.41. The molecule has 92 valence electrons. The molecule has 18 heavy (non-hydrogen) atoms. The summed E-state index contributed by atoms with van der Waals surface area (Å²) in [4.78, 5) is 11.7. The highest BCUT2D eigenvalue weighted by atomic mass is 79.9. The van der Waals surface area contributed by atoms with E-state index in [1.165, 1.54) is 0 Å². The van der Waals surface area contributed by atoms with E-state index in [1.807, 2.05) is 54.6 Å². The van der Waals surface area contributed by atoms with Crippen molar-refractivity contribution < 1.29 is 4.79 Å². The molecule has 2 rings (SSSR count). The van der Waals surface area contributed by atoms with E-state index in [4.69, 9.17) is 0 Å². The normalized spacial score (nSPS) is 10.1. The van der Waals surface area contributed by atoms with E-state index in [0.717, 1.165) is 15.6 Å². The molecule has 0 atom stereocenters. The number of hydrogen-bond donors (Lipinski definition) is 1. The molecule has 0 radical (unpaired) electrons. The highest BCUT2D eigenvalue weighted by molar-refractivity contribution is 9.10. The molecular formula is C15H14BrNO. The van der Waals surface area contributed by atoms with Gasteiger partial charge in [0.05, 0.1) is 6.42 Å². The Balaban J connectivity index is 1.85. The maximum Gasteiger partial charge on any atom is 0.224 e. The van der Waals surface area contributed by atoms with Gasteiger partial charge in [-0.2, -0.15) is 0 Å². The number of rotatable bonds is 4. The summed E-state index contributed by atoms with van der Waals surface area (Å²) in [5.74, 6) is 0.0428. The molecule has 1 amide bonds. The van der Waals surface area contributed by atoms with Gasteiger partial charge < -0.3 is 5.32 Å². The first-order valence-corrected chi connectivity index (χ1v) is 6.58. The van der Waals surface area contributed by atoms with Crippen molar-refractivity contribution in [2.75, 3.05) is 0 Å². The lowest BCUT2D eigenvalue weighted by molar-refractivity contribution is -0.120. The van der Waals surface area contributed by atoms with Crippen molar-refractivity contribution in [1.29, 1.82) is 0 Å². The molecule has 0 aliphatic heterocycles. The minimum Gasteiger partial charge on any atom is -0.352 e. The second-order valence-corrected chi connectivity index (χ2v) is 4.98. The fourth-order valence-corrected chi connectivity index (χ4v) is 2.14. The largest absolute Gasteiger partial charge is 0.352 e. The van der Waals surface area contributed by atoms with Crippen LogP contribution in [0, 0.1) is 0 Å². The van der Waals surface area contributed by atoms with Gasteiger partial charge in [0.2, 0.25) is 5.91 Å². The summed E-state index contributed by atoms with van der Waals surface area (Å²) < 4.78 is 1.03. The average molecular weight is 304 g/mol. The van der Waals surface area contributed by atoms with Crippen LogP contribution < -0.4 is 5.32 Å². The molecule has 2 aromatic carbocycles. The van der Waals surface area contributed by atoms with Gasteiger partial charge in [0.25, 0.3) is 0 Å². The van der Waals surface area contributed by atoms with Crippen LogP contribution in [-0.2, 0) is 17.8 Å². The van der Waals surface area contributed by atoms with Crippen LogP contribution in [-0.4, -0.2) is 5.91 Å². The summed E-state index contributed by atoms with van der Waals surface area (Å²) in [7, 11) is 0. The lowest BCUT2D eigenvalue weighted by Gasteiger charge is -2.06. The molecule has 0 saturated heterocycles. The lowest BCUT2D eigenvalue weighted by Crippen LogP contribution is -2.24. The Bertz CT molecular complexity index is 525. The van der Waals surface area contributed by atoms with E-state index in [0.29, 0.717) is 13.0 Å². The van der Waals surface area contributed by atoms with Crippen molar-refractivity contribution in [3.8, 4) is 0 Å². The third-order valence-electron chi connectivity index (χ3n) is 2.59. The molecule has 0 saturated carbocycles. The quantitative estimate of drug-likeness (QED) is 0.922. The predicted molar refractivity (Wildman–Crippen MR) is 76.1 cm³/mol. The monoisotopic (exact) mass is 303 g/mol. The zero-order valence-electron chi connectivity index (χ0n) is 9.90. The summed E-state index contributed by atoms with van der Waals surface area (Å²) in [6.07, 6.45) is 0.425. The summed E-state index contributed by atoms with van der Waals surface area (Å²) in [5, 5.41) is 2.91. The van der Waals surface area contributed by atoms with Crippen molar-refractivity contribution in [2.45, 2.75) is 13.0 Å². The molecule has 3 heteroatoms. The van der Waals surface area contributed by atoms with Crippen LogP contribution >= 0.6 is 15.9 Å². The number of nitrogens with one attached hydrogen (secondary N) is 1. The van der Waals surface area contributed by atoms with Crippen LogP contribution in [0.4, 0.5) is 0 Å². The van der Waals surface area contributed by atoms with E-state index in [1.54, 1.807) is 0 Å². The summed E-state index contributed by atoms with van der Waals surface area (Å²) in [5.41, 5.74) is 2.12. The van der Waals surface area contributed by atoms with Gasteiger partial charge in [-0.15, -0.1) is 0 Å². The number of amides is 1. The molecule has 0 aromatic heterocycles. The standard InChI is InChI=1S/C15H14BrNO/c16-14-8-4-7-13(9-14)11-17-15(18)10-12-5-2-1-3-6-12/h1-9H,10-11H2,(H,17,18). The Kier molecular flexibility index (Phi) is 4.53. The van der Waals surface area contributed by atoms with Crippen molar-refractivity contribution in [1.82, 2.24) is 5.32 Å². The molecule has 2 aromatic rings. The average Bonchev–Trinajstić information content (AvgIpc) is 2.38.